The number of rotatable bonds is 7. The minimum Gasteiger partial charge on any atom is -0.452 e. The molecule has 0 heterocycles. The van der Waals surface area contributed by atoms with E-state index in [1.165, 1.54) is 6.07 Å². The first-order valence-electron chi connectivity index (χ1n) is 8.77. The van der Waals surface area contributed by atoms with Crippen LogP contribution in [0.2, 0.25) is 0 Å². The van der Waals surface area contributed by atoms with Crippen molar-refractivity contribution >= 4 is 15.7 Å². The highest BCUT2D eigenvalue weighted by Gasteiger charge is 2.25. The molecule has 0 fully saturated rings. The number of fused-ring (bicyclic) bond motifs is 1. The molecule has 3 rings (SSSR count). The van der Waals surface area contributed by atoms with Crippen molar-refractivity contribution in [2.45, 2.75) is 32.2 Å². The normalized spacial score (nSPS) is 16.2. The number of nitrogens with one attached hydrogen (secondary N) is 2. The molecule has 0 saturated heterocycles. The Morgan fingerprint density at radius 3 is 2.63 bits per heavy atom. The summed E-state index contributed by atoms with van der Waals surface area (Å²) in [6, 6.07) is 6.56. The average molecular weight is 396 g/mol. The van der Waals surface area contributed by atoms with Crippen molar-refractivity contribution in [3.63, 3.8) is 0 Å². The fourth-order valence-corrected chi connectivity index (χ4v) is 3.77. The minimum atomic E-state index is -3.55. The number of benzene rings is 2. The highest BCUT2D eigenvalue weighted by molar-refractivity contribution is 7.92. The maximum Gasteiger partial charge on any atom is 0.229 e. The van der Waals surface area contributed by atoms with Gasteiger partial charge in [-0.2, -0.15) is 0 Å². The zero-order chi connectivity index (χ0) is 19.6. The minimum absolute atomic E-state index is 0.132. The molecule has 8 heteroatoms. The Balaban J connectivity index is 2.01. The fraction of sp³-hybridized carbons (Fsp3) is 0.368. The molecular formula is C19H22F2N2O3S. The number of hydrogen-bond acceptors (Lipinski definition) is 4. The Kier molecular flexibility index (Phi) is 5.67. The van der Waals surface area contributed by atoms with Crippen molar-refractivity contribution in [3.05, 3.63) is 53.1 Å². The molecule has 1 aliphatic carbocycles. The Bertz CT molecular complexity index is 948. The van der Waals surface area contributed by atoms with Crippen LogP contribution < -0.4 is 14.8 Å². The summed E-state index contributed by atoms with van der Waals surface area (Å²) < 4.78 is 58.6. The van der Waals surface area contributed by atoms with Crippen molar-refractivity contribution in [1.29, 1.82) is 0 Å². The summed E-state index contributed by atoms with van der Waals surface area (Å²) in [6.07, 6.45) is 3.72. The molecular weight excluding hydrogens is 374 g/mol. The smallest absolute Gasteiger partial charge is 0.229 e. The van der Waals surface area contributed by atoms with Crippen molar-refractivity contribution in [3.8, 4) is 11.5 Å². The van der Waals surface area contributed by atoms with E-state index < -0.39 is 21.7 Å². The van der Waals surface area contributed by atoms with Gasteiger partial charge < -0.3 is 10.1 Å². The van der Waals surface area contributed by atoms with E-state index in [1.807, 2.05) is 0 Å². The van der Waals surface area contributed by atoms with Gasteiger partial charge in [-0.1, -0.05) is 6.92 Å². The molecule has 0 aliphatic heterocycles. The zero-order valence-electron chi connectivity index (χ0n) is 15.2. The van der Waals surface area contributed by atoms with Crippen molar-refractivity contribution < 1.29 is 21.9 Å². The van der Waals surface area contributed by atoms with Gasteiger partial charge in [-0.15, -0.1) is 0 Å². The van der Waals surface area contributed by atoms with Crippen molar-refractivity contribution in [1.82, 2.24) is 5.32 Å². The monoisotopic (exact) mass is 396 g/mol. The first-order valence-corrected chi connectivity index (χ1v) is 10.7. The number of halogens is 2. The molecule has 0 amide bonds. The van der Waals surface area contributed by atoms with Gasteiger partial charge in [-0.25, -0.2) is 17.2 Å². The van der Waals surface area contributed by atoms with Gasteiger partial charge in [0.2, 0.25) is 10.0 Å². The molecule has 0 radical (unpaired) electrons. The molecule has 2 N–H and O–H groups in total. The molecule has 2 aromatic rings. The van der Waals surface area contributed by atoms with E-state index in [2.05, 4.69) is 17.0 Å². The van der Waals surface area contributed by atoms with Crippen LogP contribution in [0.1, 0.15) is 36.9 Å². The topological polar surface area (TPSA) is 67.4 Å². The molecule has 0 aromatic heterocycles. The Morgan fingerprint density at radius 1 is 1.19 bits per heavy atom. The standard InChI is InChI=1S/C19H22F2N2O3S/c1-3-8-22-16-6-4-12-9-17(23-27(2,24)25)19(11-14(12)16)26-18-7-5-13(20)10-15(18)21/h5,7,9-11,16,22-23H,3-4,6,8H2,1-2H3. The maximum atomic E-state index is 14.0. The van der Waals surface area contributed by atoms with E-state index in [0.717, 1.165) is 55.3 Å². The SMILES string of the molecule is CCCNC1CCc2cc(NS(C)(=O)=O)c(Oc3ccc(F)cc3F)cc21. The van der Waals surface area contributed by atoms with Crippen LogP contribution in [-0.2, 0) is 16.4 Å². The van der Waals surface area contributed by atoms with Crippen molar-refractivity contribution in [2.24, 2.45) is 0 Å². The van der Waals surface area contributed by atoms with Crippen LogP contribution in [-0.4, -0.2) is 21.2 Å². The van der Waals surface area contributed by atoms with Crippen LogP contribution in [0.5, 0.6) is 11.5 Å². The number of sulfonamides is 1. The van der Waals surface area contributed by atoms with E-state index in [-0.39, 0.29) is 23.2 Å². The van der Waals surface area contributed by atoms with Gasteiger partial charge in [0.15, 0.2) is 17.3 Å². The van der Waals surface area contributed by atoms with Crippen LogP contribution in [0.15, 0.2) is 30.3 Å². The predicted octanol–water partition coefficient (Wildman–Crippen LogP) is 4.12. The van der Waals surface area contributed by atoms with Crippen molar-refractivity contribution in [2.75, 3.05) is 17.5 Å². The van der Waals surface area contributed by atoms with Gasteiger partial charge in [-0.05, 0) is 61.2 Å². The molecule has 0 saturated carbocycles. The van der Waals surface area contributed by atoms with Crippen LogP contribution in [0, 0.1) is 11.6 Å². The number of ether oxygens (including phenoxy) is 1. The molecule has 27 heavy (non-hydrogen) atoms. The highest BCUT2D eigenvalue weighted by Crippen LogP contribution is 2.40. The lowest BCUT2D eigenvalue weighted by Gasteiger charge is -2.18. The quantitative estimate of drug-likeness (QED) is 0.739. The largest absolute Gasteiger partial charge is 0.452 e. The molecule has 1 aliphatic rings. The van der Waals surface area contributed by atoms with E-state index in [9.17, 15) is 17.2 Å². The molecule has 5 nitrogen and oxygen atoms in total. The summed E-state index contributed by atoms with van der Waals surface area (Å²) in [7, 11) is -3.55. The van der Waals surface area contributed by atoms with E-state index >= 15 is 0 Å². The zero-order valence-corrected chi connectivity index (χ0v) is 16.0. The van der Waals surface area contributed by atoms with E-state index in [4.69, 9.17) is 4.74 Å². The second-order valence-electron chi connectivity index (χ2n) is 6.64. The van der Waals surface area contributed by atoms with Crippen LogP contribution in [0.25, 0.3) is 0 Å². The van der Waals surface area contributed by atoms with Crippen LogP contribution >= 0.6 is 0 Å². The third-order valence-corrected chi connectivity index (χ3v) is 4.96. The summed E-state index contributed by atoms with van der Waals surface area (Å²) in [4.78, 5) is 0. The third kappa shape index (κ3) is 4.75. The molecule has 0 bridgehead atoms. The first-order chi connectivity index (χ1) is 12.8. The summed E-state index contributed by atoms with van der Waals surface area (Å²) in [5.74, 6) is -1.58. The predicted molar refractivity (Wildman–Crippen MR) is 101 cm³/mol. The van der Waals surface area contributed by atoms with E-state index in [0.29, 0.717) is 0 Å². The van der Waals surface area contributed by atoms with Gasteiger partial charge in [0.05, 0.1) is 11.9 Å². The van der Waals surface area contributed by atoms with Gasteiger partial charge in [0, 0.05) is 12.1 Å². The lowest BCUT2D eigenvalue weighted by molar-refractivity contribution is 0.438. The fourth-order valence-electron chi connectivity index (χ4n) is 3.21. The Hall–Kier alpha value is -2.19. The molecule has 0 spiro atoms. The molecule has 2 aromatic carbocycles. The average Bonchev–Trinajstić information content (AvgIpc) is 2.96. The summed E-state index contributed by atoms with van der Waals surface area (Å²) in [5, 5.41) is 3.45. The number of anilines is 1. The molecule has 1 unspecified atom stereocenters. The third-order valence-electron chi connectivity index (χ3n) is 4.37. The van der Waals surface area contributed by atoms with Gasteiger partial charge in [-0.3, -0.25) is 4.72 Å². The summed E-state index contributed by atoms with van der Waals surface area (Å²) >= 11 is 0. The number of hydrogen-bond donors (Lipinski definition) is 2. The van der Waals surface area contributed by atoms with Gasteiger partial charge >= 0.3 is 0 Å². The maximum absolute atomic E-state index is 14.0. The first kappa shape index (κ1) is 19.6. The molecule has 146 valence electrons. The Labute approximate surface area is 157 Å². The Morgan fingerprint density at radius 2 is 1.96 bits per heavy atom. The molecule has 1 atom stereocenters. The lowest BCUT2D eigenvalue weighted by atomic mass is 10.1. The van der Waals surface area contributed by atoms with Crippen LogP contribution in [0.3, 0.4) is 0 Å². The summed E-state index contributed by atoms with van der Waals surface area (Å²) in [6.45, 7) is 2.93. The summed E-state index contributed by atoms with van der Waals surface area (Å²) in [5.41, 5.74) is 2.25. The second kappa shape index (κ2) is 7.82. The van der Waals surface area contributed by atoms with Crippen LogP contribution in [0.4, 0.5) is 14.5 Å². The number of aryl methyl sites for hydroxylation is 1. The second-order valence-corrected chi connectivity index (χ2v) is 8.39. The van der Waals surface area contributed by atoms with Gasteiger partial charge in [0.25, 0.3) is 0 Å². The van der Waals surface area contributed by atoms with Gasteiger partial charge in [0.1, 0.15) is 5.82 Å². The van der Waals surface area contributed by atoms with E-state index in [1.54, 1.807) is 12.1 Å². The lowest BCUT2D eigenvalue weighted by Crippen LogP contribution is -2.20. The highest BCUT2D eigenvalue weighted by atomic mass is 32.2.